The predicted molar refractivity (Wildman–Crippen MR) is 51.0 cm³/mol. The zero-order valence-corrected chi connectivity index (χ0v) is 8.38. The molecule has 0 unspecified atom stereocenters. The van der Waals surface area contributed by atoms with E-state index in [9.17, 15) is 13.6 Å². The third kappa shape index (κ3) is 3.50. The van der Waals surface area contributed by atoms with Crippen LogP contribution < -0.4 is 0 Å². The molecular formula is C9H11F2N3O2. The number of halogens is 2. The molecule has 0 aromatic carbocycles. The first kappa shape index (κ1) is 12.4. The van der Waals surface area contributed by atoms with Gasteiger partial charge in [-0.25, -0.2) is 13.8 Å². The molecule has 0 aliphatic carbocycles. The largest absolute Gasteiger partial charge is 0.395 e. The number of carbonyl (C=O) groups is 1. The van der Waals surface area contributed by atoms with Crippen LogP contribution in [0.5, 0.6) is 0 Å². The lowest BCUT2D eigenvalue weighted by atomic mass is 10.3. The van der Waals surface area contributed by atoms with Crippen LogP contribution in [0.3, 0.4) is 0 Å². The van der Waals surface area contributed by atoms with Gasteiger partial charge in [0.15, 0.2) is 0 Å². The van der Waals surface area contributed by atoms with E-state index >= 15 is 0 Å². The second-order valence-corrected chi connectivity index (χ2v) is 2.96. The van der Waals surface area contributed by atoms with Crippen molar-refractivity contribution in [3.63, 3.8) is 0 Å². The average Bonchev–Trinajstić information content (AvgIpc) is 2.28. The second-order valence-electron chi connectivity index (χ2n) is 2.96. The molecule has 0 fully saturated rings. The first-order valence-corrected chi connectivity index (χ1v) is 4.59. The molecule has 1 aromatic rings. The van der Waals surface area contributed by atoms with Crippen LogP contribution in [0.15, 0.2) is 18.6 Å². The molecule has 1 N–H and O–H groups in total. The molecule has 1 amide bonds. The normalized spacial score (nSPS) is 10.5. The molecule has 1 heterocycles. The van der Waals surface area contributed by atoms with Crippen LogP contribution in [0, 0.1) is 0 Å². The highest BCUT2D eigenvalue weighted by Gasteiger charge is 2.20. The quantitative estimate of drug-likeness (QED) is 0.784. The van der Waals surface area contributed by atoms with E-state index in [0.29, 0.717) is 0 Å². The third-order valence-electron chi connectivity index (χ3n) is 1.80. The van der Waals surface area contributed by atoms with Crippen LogP contribution in [0.2, 0.25) is 0 Å². The number of hydrogen-bond acceptors (Lipinski definition) is 4. The van der Waals surface area contributed by atoms with Crippen molar-refractivity contribution in [2.45, 2.75) is 6.43 Å². The van der Waals surface area contributed by atoms with Gasteiger partial charge in [0, 0.05) is 18.9 Å². The number of aliphatic hydroxyl groups excluding tert-OH is 1. The van der Waals surface area contributed by atoms with E-state index < -0.39 is 18.9 Å². The van der Waals surface area contributed by atoms with Crippen molar-refractivity contribution in [1.29, 1.82) is 0 Å². The molecule has 0 bridgehead atoms. The number of amides is 1. The Morgan fingerprint density at radius 1 is 1.50 bits per heavy atom. The minimum Gasteiger partial charge on any atom is -0.395 e. The Hall–Kier alpha value is -1.63. The summed E-state index contributed by atoms with van der Waals surface area (Å²) in [6.45, 7) is -1.26. The zero-order chi connectivity index (χ0) is 12.0. The molecule has 16 heavy (non-hydrogen) atoms. The molecule has 0 atom stereocenters. The van der Waals surface area contributed by atoms with Crippen molar-refractivity contribution < 1.29 is 18.7 Å². The van der Waals surface area contributed by atoms with Gasteiger partial charge >= 0.3 is 0 Å². The summed E-state index contributed by atoms with van der Waals surface area (Å²) < 4.78 is 24.3. The molecule has 5 nitrogen and oxygen atoms in total. The Morgan fingerprint density at radius 2 is 2.25 bits per heavy atom. The maximum Gasteiger partial charge on any atom is 0.274 e. The first-order valence-electron chi connectivity index (χ1n) is 4.59. The SMILES string of the molecule is O=C(c1cnccn1)N(CCO)CC(F)F. The molecule has 0 saturated heterocycles. The lowest BCUT2D eigenvalue weighted by Crippen LogP contribution is -2.37. The lowest BCUT2D eigenvalue weighted by molar-refractivity contribution is 0.0504. The topological polar surface area (TPSA) is 66.3 Å². The molecule has 1 aromatic heterocycles. The maximum absolute atomic E-state index is 12.2. The van der Waals surface area contributed by atoms with Crippen LogP contribution in [0.25, 0.3) is 0 Å². The van der Waals surface area contributed by atoms with Crippen molar-refractivity contribution >= 4 is 5.91 Å². The Kier molecular flexibility index (Phi) is 4.71. The minimum absolute atomic E-state index is 0.0170. The second kappa shape index (κ2) is 6.06. The molecule has 0 radical (unpaired) electrons. The van der Waals surface area contributed by atoms with E-state index in [1.165, 1.54) is 18.6 Å². The van der Waals surface area contributed by atoms with Gasteiger partial charge in [-0.2, -0.15) is 0 Å². The van der Waals surface area contributed by atoms with Crippen LogP contribution >= 0.6 is 0 Å². The van der Waals surface area contributed by atoms with Crippen molar-refractivity contribution in [3.8, 4) is 0 Å². The molecule has 7 heteroatoms. The van der Waals surface area contributed by atoms with Gasteiger partial charge in [0.2, 0.25) is 0 Å². The van der Waals surface area contributed by atoms with Crippen LogP contribution in [0.1, 0.15) is 10.5 Å². The fourth-order valence-electron chi connectivity index (χ4n) is 1.13. The Labute approximate surface area is 90.7 Å². The summed E-state index contributed by atoms with van der Waals surface area (Å²) in [5, 5.41) is 8.67. The summed E-state index contributed by atoms with van der Waals surface area (Å²) in [5.74, 6) is -0.664. The van der Waals surface area contributed by atoms with Crippen LogP contribution in [-0.4, -0.2) is 52.0 Å². The maximum atomic E-state index is 12.2. The highest BCUT2D eigenvalue weighted by Crippen LogP contribution is 2.03. The van der Waals surface area contributed by atoms with Gasteiger partial charge < -0.3 is 10.0 Å². The van der Waals surface area contributed by atoms with Gasteiger partial charge in [-0.05, 0) is 0 Å². The summed E-state index contributed by atoms with van der Waals surface area (Å²) in [7, 11) is 0. The van der Waals surface area contributed by atoms with Crippen molar-refractivity contribution in [2.75, 3.05) is 19.7 Å². The number of rotatable bonds is 5. The number of carbonyl (C=O) groups excluding carboxylic acids is 1. The number of hydrogen-bond donors (Lipinski definition) is 1. The molecular weight excluding hydrogens is 220 g/mol. The summed E-state index contributed by atoms with van der Waals surface area (Å²) in [5.41, 5.74) is -0.0170. The fourth-order valence-corrected chi connectivity index (χ4v) is 1.13. The zero-order valence-electron chi connectivity index (χ0n) is 8.38. The van der Waals surface area contributed by atoms with Gasteiger partial charge in [-0.3, -0.25) is 9.78 Å². The Morgan fingerprint density at radius 3 is 2.75 bits per heavy atom. The highest BCUT2D eigenvalue weighted by molar-refractivity contribution is 5.91. The Bertz CT molecular complexity index is 335. The summed E-state index contributed by atoms with van der Waals surface area (Å²) in [6.07, 6.45) is 1.22. The monoisotopic (exact) mass is 231 g/mol. The van der Waals surface area contributed by atoms with E-state index in [4.69, 9.17) is 5.11 Å². The number of aliphatic hydroxyl groups is 1. The number of aromatic nitrogens is 2. The van der Waals surface area contributed by atoms with E-state index in [2.05, 4.69) is 9.97 Å². The van der Waals surface area contributed by atoms with Crippen LogP contribution in [-0.2, 0) is 0 Å². The summed E-state index contributed by atoms with van der Waals surface area (Å²) in [6, 6.07) is 0. The van der Waals surface area contributed by atoms with Crippen molar-refractivity contribution in [1.82, 2.24) is 14.9 Å². The van der Waals surface area contributed by atoms with E-state index in [1.54, 1.807) is 0 Å². The van der Waals surface area contributed by atoms with Crippen molar-refractivity contribution in [2.24, 2.45) is 0 Å². The average molecular weight is 231 g/mol. The van der Waals surface area contributed by atoms with Crippen LogP contribution in [0.4, 0.5) is 8.78 Å². The third-order valence-corrected chi connectivity index (χ3v) is 1.80. The molecule has 0 aliphatic rings. The standard InChI is InChI=1S/C9H11F2N3O2/c10-8(11)6-14(3-4-15)9(16)7-5-12-1-2-13-7/h1-2,5,8,15H,3-4,6H2. The van der Waals surface area contributed by atoms with Gasteiger partial charge in [0.05, 0.1) is 19.3 Å². The van der Waals surface area contributed by atoms with Gasteiger partial charge in [-0.15, -0.1) is 0 Å². The minimum atomic E-state index is -2.65. The number of alkyl halides is 2. The molecule has 1 rings (SSSR count). The number of nitrogens with zero attached hydrogens (tertiary/aromatic N) is 3. The summed E-state index contributed by atoms with van der Waals surface area (Å²) >= 11 is 0. The summed E-state index contributed by atoms with van der Waals surface area (Å²) in [4.78, 5) is 19.9. The lowest BCUT2D eigenvalue weighted by Gasteiger charge is -2.20. The Balaban J connectivity index is 2.74. The van der Waals surface area contributed by atoms with Gasteiger partial charge in [0.1, 0.15) is 5.69 Å². The fraction of sp³-hybridized carbons (Fsp3) is 0.444. The van der Waals surface area contributed by atoms with E-state index in [1.807, 2.05) is 0 Å². The predicted octanol–water partition coefficient (Wildman–Crippen LogP) is 0.176. The van der Waals surface area contributed by atoms with E-state index in [-0.39, 0.29) is 18.8 Å². The van der Waals surface area contributed by atoms with E-state index in [0.717, 1.165) is 4.90 Å². The first-order chi connectivity index (χ1) is 7.65. The smallest absolute Gasteiger partial charge is 0.274 e. The van der Waals surface area contributed by atoms with Gasteiger partial charge in [0.25, 0.3) is 12.3 Å². The molecule has 0 saturated carbocycles. The van der Waals surface area contributed by atoms with Gasteiger partial charge in [-0.1, -0.05) is 0 Å². The van der Waals surface area contributed by atoms with Crippen molar-refractivity contribution in [3.05, 3.63) is 24.3 Å². The molecule has 0 aliphatic heterocycles. The molecule has 0 spiro atoms. The highest BCUT2D eigenvalue weighted by atomic mass is 19.3. The molecule has 88 valence electrons.